The minimum absolute atomic E-state index is 0.177. The maximum Gasteiger partial charge on any atom is 0.357 e. The van der Waals surface area contributed by atoms with Gasteiger partial charge in [-0.15, -0.1) is 11.3 Å². The summed E-state index contributed by atoms with van der Waals surface area (Å²) in [7, 11) is 0. The molecule has 2 heterocycles. The van der Waals surface area contributed by atoms with Gasteiger partial charge < -0.3 is 31.7 Å². The van der Waals surface area contributed by atoms with Crippen LogP contribution < -0.4 is 22.1 Å². The van der Waals surface area contributed by atoms with Gasteiger partial charge in [0.05, 0.1) is 12.6 Å². The Hall–Kier alpha value is -3.02. The van der Waals surface area contributed by atoms with E-state index in [1.54, 1.807) is 17.2 Å². The van der Waals surface area contributed by atoms with E-state index < -0.39 is 18.1 Å². The van der Waals surface area contributed by atoms with Crippen LogP contribution in [0.4, 0.5) is 5.13 Å². The molecule has 0 unspecified atom stereocenters. The number of unbranched alkanes of at least 4 members (excludes halogenated alkanes) is 1. The predicted molar refractivity (Wildman–Crippen MR) is 144 cm³/mol. The zero-order valence-electron chi connectivity index (χ0n) is 21.4. The van der Waals surface area contributed by atoms with Crippen molar-refractivity contribution in [3.8, 4) is 0 Å². The average Bonchev–Trinajstić information content (AvgIpc) is 3.58. The minimum Gasteiger partial charge on any atom is -0.461 e. The smallest absolute Gasteiger partial charge is 0.357 e. The van der Waals surface area contributed by atoms with Crippen molar-refractivity contribution in [1.82, 2.24) is 15.2 Å². The fraction of sp³-hybridized carbons (Fsp3) is 0.538. The standard InChI is InChI=1S/C26H38N6O4S/c1-2-36-25(35)21-17-37-26(31-21)29-16-19(11-6-7-13-27)30-23(33)22-12-8-14-32(22)24(34)20(28)15-18-9-4-3-5-10-18/h3-5,9-10,17,19-20,22H,2,6-8,11-16,27-28H2,1H3,(H,29,31)(H,30,33)/t19-,20+,22-/m0/s1. The van der Waals surface area contributed by atoms with Crippen LogP contribution in [-0.2, 0) is 20.7 Å². The van der Waals surface area contributed by atoms with Crippen LogP contribution in [0.5, 0.6) is 0 Å². The Morgan fingerprint density at radius 3 is 2.76 bits per heavy atom. The molecular weight excluding hydrogens is 492 g/mol. The molecule has 37 heavy (non-hydrogen) atoms. The molecule has 1 aromatic heterocycles. The number of hydrogen-bond acceptors (Lipinski definition) is 9. The van der Waals surface area contributed by atoms with Crippen LogP contribution in [0.1, 0.15) is 55.1 Å². The number of thiazole rings is 1. The molecule has 2 amide bonds. The van der Waals surface area contributed by atoms with Crippen LogP contribution in [0, 0.1) is 0 Å². The third kappa shape index (κ3) is 8.51. The molecule has 1 aromatic carbocycles. The van der Waals surface area contributed by atoms with E-state index in [2.05, 4.69) is 15.6 Å². The summed E-state index contributed by atoms with van der Waals surface area (Å²) in [5, 5.41) is 8.55. The predicted octanol–water partition coefficient (Wildman–Crippen LogP) is 1.91. The quantitative estimate of drug-likeness (QED) is 0.213. The number of nitrogens with one attached hydrogen (secondary N) is 2. The number of aromatic nitrogens is 1. The first-order valence-corrected chi connectivity index (χ1v) is 13.8. The normalized spacial score (nSPS) is 16.7. The van der Waals surface area contributed by atoms with Crippen molar-refractivity contribution < 1.29 is 19.1 Å². The van der Waals surface area contributed by atoms with Crippen LogP contribution in [0.15, 0.2) is 35.7 Å². The molecule has 1 saturated heterocycles. The summed E-state index contributed by atoms with van der Waals surface area (Å²) in [5.74, 6) is -0.840. The average molecular weight is 531 g/mol. The number of rotatable bonds is 14. The van der Waals surface area contributed by atoms with Crippen molar-refractivity contribution in [2.24, 2.45) is 11.5 Å². The second-order valence-electron chi connectivity index (χ2n) is 9.12. The van der Waals surface area contributed by atoms with Crippen LogP contribution in [0.25, 0.3) is 0 Å². The lowest BCUT2D eigenvalue weighted by Crippen LogP contribution is -2.54. The van der Waals surface area contributed by atoms with Crippen LogP contribution in [0.2, 0.25) is 0 Å². The van der Waals surface area contributed by atoms with Gasteiger partial charge in [0, 0.05) is 24.5 Å². The number of likely N-dealkylation sites (tertiary alicyclic amines) is 1. The third-order valence-electron chi connectivity index (χ3n) is 6.30. The molecule has 0 aliphatic carbocycles. The van der Waals surface area contributed by atoms with E-state index >= 15 is 0 Å². The molecule has 10 nitrogen and oxygen atoms in total. The van der Waals surface area contributed by atoms with Crippen molar-refractivity contribution in [3.63, 3.8) is 0 Å². The highest BCUT2D eigenvalue weighted by atomic mass is 32.1. The monoisotopic (exact) mass is 530 g/mol. The van der Waals surface area contributed by atoms with E-state index in [1.165, 1.54) is 11.3 Å². The number of nitrogens with zero attached hydrogens (tertiary/aromatic N) is 2. The molecule has 1 aliphatic rings. The van der Waals surface area contributed by atoms with Crippen molar-refractivity contribution in [2.75, 3.05) is 31.6 Å². The van der Waals surface area contributed by atoms with Gasteiger partial charge in [-0.2, -0.15) is 0 Å². The Kier molecular flexibility index (Phi) is 11.3. The summed E-state index contributed by atoms with van der Waals surface area (Å²) in [5.41, 5.74) is 13.1. The van der Waals surface area contributed by atoms with Gasteiger partial charge in [0.15, 0.2) is 10.8 Å². The fourth-order valence-electron chi connectivity index (χ4n) is 4.39. The van der Waals surface area contributed by atoms with Gasteiger partial charge in [-0.1, -0.05) is 36.8 Å². The Labute approximate surface area is 222 Å². The van der Waals surface area contributed by atoms with Crippen LogP contribution >= 0.6 is 11.3 Å². The van der Waals surface area contributed by atoms with Gasteiger partial charge in [0.2, 0.25) is 11.8 Å². The molecule has 3 atom stereocenters. The largest absolute Gasteiger partial charge is 0.461 e. The van der Waals surface area contributed by atoms with E-state index in [9.17, 15) is 14.4 Å². The summed E-state index contributed by atoms with van der Waals surface area (Å²) >= 11 is 1.30. The molecule has 1 aliphatic heterocycles. The molecule has 2 aromatic rings. The molecule has 0 spiro atoms. The number of nitrogens with two attached hydrogens (primary N) is 2. The van der Waals surface area contributed by atoms with E-state index in [-0.39, 0.29) is 30.2 Å². The fourth-order valence-corrected chi connectivity index (χ4v) is 5.08. The Balaban J connectivity index is 1.59. The molecule has 1 fully saturated rings. The van der Waals surface area contributed by atoms with Gasteiger partial charge in [-0.3, -0.25) is 9.59 Å². The van der Waals surface area contributed by atoms with Crippen molar-refractivity contribution in [3.05, 3.63) is 47.0 Å². The maximum absolute atomic E-state index is 13.3. The van der Waals surface area contributed by atoms with Crippen LogP contribution in [0.3, 0.4) is 0 Å². The molecule has 202 valence electrons. The molecule has 11 heteroatoms. The maximum atomic E-state index is 13.3. The summed E-state index contributed by atoms with van der Waals surface area (Å²) < 4.78 is 4.99. The highest BCUT2D eigenvalue weighted by Crippen LogP contribution is 2.20. The van der Waals surface area contributed by atoms with Crippen molar-refractivity contribution in [1.29, 1.82) is 0 Å². The molecule has 3 rings (SSSR count). The van der Waals surface area contributed by atoms with E-state index in [4.69, 9.17) is 16.2 Å². The zero-order chi connectivity index (χ0) is 26.6. The highest BCUT2D eigenvalue weighted by molar-refractivity contribution is 7.13. The topological polar surface area (TPSA) is 153 Å². The van der Waals surface area contributed by atoms with Crippen molar-refractivity contribution >= 4 is 34.3 Å². The minimum atomic E-state index is -0.698. The number of carbonyl (C=O) groups excluding carboxylic acids is 3. The highest BCUT2D eigenvalue weighted by Gasteiger charge is 2.36. The Morgan fingerprint density at radius 1 is 1.24 bits per heavy atom. The molecule has 6 N–H and O–H groups in total. The molecule has 0 radical (unpaired) electrons. The summed E-state index contributed by atoms with van der Waals surface area (Å²) in [4.78, 5) is 44.2. The first-order chi connectivity index (χ1) is 17.9. The van der Waals surface area contributed by atoms with Gasteiger partial charge >= 0.3 is 5.97 Å². The lowest BCUT2D eigenvalue weighted by atomic mass is 10.0. The number of anilines is 1. The summed E-state index contributed by atoms with van der Waals surface area (Å²) in [6.45, 7) is 3.56. The second kappa shape index (κ2) is 14.7. The SMILES string of the molecule is CCOC(=O)c1csc(NC[C@H](CCCCN)NC(=O)[C@@H]2CCCN2C(=O)[C@H](N)Cc2ccccc2)n1. The Morgan fingerprint density at radius 2 is 2.03 bits per heavy atom. The van der Waals surface area contributed by atoms with Gasteiger partial charge in [0.1, 0.15) is 6.04 Å². The number of carbonyl (C=O) groups is 3. The third-order valence-corrected chi connectivity index (χ3v) is 7.10. The lowest BCUT2D eigenvalue weighted by molar-refractivity contribution is -0.139. The molecule has 0 bridgehead atoms. The summed E-state index contributed by atoms with van der Waals surface area (Å²) in [6, 6.07) is 8.21. The lowest BCUT2D eigenvalue weighted by Gasteiger charge is -2.28. The first-order valence-electron chi connectivity index (χ1n) is 12.9. The van der Waals surface area contributed by atoms with Gasteiger partial charge in [-0.05, 0) is 51.1 Å². The number of ether oxygens (including phenoxy) is 1. The number of amides is 2. The zero-order valence-corrected chi connectivity index (χ0v) is 22.2. The van der Waals surface area contributed by atoms with E-state index in [0.29, 0.717) is 37.6 Å². The van der Waals surface area contributed by atoms with Gasteiger partial charge in [-0.25, -0.2) is 9.78 Å². The number of hydrogen-bond donors (Lipinski definition) is 4. The van der Waals surface area contributed by atoms with Gasteiger partial charge in [0.25, 0.3) is 0 Å². The Bertz CT molecular complexity index is 1020. The molecular formula is C26H38N6O4S. The number of benzene rings is 1. The summed E-state index contributed by atoms with van der Waals surface area (Å²) in [6.07, 6.45) is 4.21. The van der Waals surface area contributed by atoms with E-state index in [1.807, 2.05) is 30.3 Å². The van der Waals surface area contributed by atoms with E-state index in [0.717, 1.165) is 31.2 Å². The molecule has 0 saturated carbocycles. The first kappa shape index (κ1) is 28.5. The second-order valence-corrected chi connectivity index (χ2v) is 9.97. The van der Waals surface area contributed by atoms with Crippen molar-refractivity contribution in [2.45, 2.75) is 63.6 Å². The van der Waals surface area contributed by atoms with Crippen LogP contribution in [-0.4, -0.2) is 72.0 Å². The number of esters is 1.